The van der Waals surface area contributed by atoms with Crippen LogP contribution in [0.4, 0.5) is 17.1 Å². The number of hydrogen-bond acceptors (Lipinski definition) is 5. The van der Waals surface area contributed by atoms with Gasteiger partial charge in [0.15, 0.2) is 0 Å². The summed E-state index contributed by atoms with van der Waals surface area (Å²) in [6, 6.07) is 18.9. The third-order valence-electron chi connectivity index (χ3n) is 5.50. The van der Waals surface area contributed by atoms with E-state index in [-0.39, 0.29) is 16.7 Å². The lowest BCUT2D eigenvalue weighted by atomic mass is 10.1. The zero-order valence-corrected chi connectivity index (χ0v) is 18.9. The highest BCUT2D eigenvalue weighted by Crippen LogP contribution is 2.38. The van der Waals surface area contributed by atoms with Gasteiger partial charge in [-0.05, 0) is 61.4 Å². The second-order valence-electron chi connectivity index (χ2n) is 7.64. The van der Waals surface area contributed by atoms with Crippen LogP contribution in [0.25, 0.3) is 0 Å². The smallest absolute Gasteiger partial charge is 0.257 e. The number of carbonyl (C=O) groups is 2. The van der Waals surface area contributed by atoms with E-state index in [9.17, 15) is 18.0 Å². The van der Waals surface area contributed by atoms with E-state index in [4.69, 9.17) is 5.14 Å². The van der Waals surface area contributed by atoms with Gasteiger partial charge in [-0.25, -0.2) is 13.6 Å². The Bertz CT molecular complexity index is 1320. The van der Waals surface area contributed by atoms with Crippen molar-refractivity contribution in [3.05, 3.63) is 83.4 Å². The number of sulfonamides is 1. The summed E-state index contributed by atoms with van der Waals surface area (Å²) in [5.41, 5.74) is 4.09. The fourth-order valence-electron chi connectivity index (χ4n) is 3.84. The van der Waals surface area contributed by atoms with Gasteiger partial charge in [-0.3, -0.25) is 9.59 Å². The van der Waals surface area contributed by atoms with Crippen LogP contribution in [0.2, 0.25) is 0 Å². The van der Waals surface area contributed by atoms with Crippen LogP contribution in [0.1, 0.15) is 33.2 Å². The van der Waals surface area contributed by atoms with E-state index in [1.807, 2.05) is 36.1 Å². The summed E-state index contributed by atoms with van der Waals surface area (Å²) < 4.78 is 22.7. The highest BCUT2D eigenvalue weighted by atomic mass is 32.2. The Morgan fingerprint density at radius 2 is 1.76 bits per heavy atom. The Hall–Kier alpha value is -3.69. The summed E-state index contributed by atoms with van der Waals surface area (Å²) in [6.45, 7) is 3.03. The van der Waals surface area contributed by atoms with Crippen molar-refractivity contribution in [3.63, 3.8) is 0 Å². The van der Waals surface area contributed by atoms with Crippen molar-refractivity contribution in [2.45, 2.75) is 18.2 Å². The zero-order chi connectivity index (χ0) is 23.6. The summed E-state index contributed by atoms with van der Waals surface area (Å²) in [4.78, 5) is 27.5. The number of hydrogen-bond donors (Lipinski definition) is 3. The Balaban J connectivity index is 1.47. The number of para-hydroxylation sites is 1. The Kier molecular flexibility index (Phi) is 6.17. The second kappa shape index (κ2) is 9.05. The number of anilines is 3. The zero-order valence-electron chi connectivity index (χ0n) is 18.0. The van der Waals surface area contributed by atoms with Gasteiger partial charge in [0.2, 0.25) is 10.0 Å². The first-order valence-corrected chi connectivity index (χ1v) is 12.0. The van der Waals surface area contributed by atoms with Crippen molar-refractivity contribution >= 4 is 38.9 Å². The highest BCUT2D eigenvalue weighted by molar-refractivity contribution is 7.89. The quantitative estimate of drug-likeness (QED) is 0.518. The average Bonchev–Trinajstić information content (AvgIpc) is 2.92. The first-order chi connectivity index (χ1) is 15.8. The molecule has 4 rings (SSSR count). The van der Waals surface area contributed by atoms with Crippen LogP contribution in [0.5, 0.6) is 0 Å². The van der Waals surface area contributed by atoms with Crippen molar-refractivity contribution in [3.8, 4) is 0 Å². The third kappa shape index (κ3) is 4.74. The van der Waals surface area contributed by atoms with Crippen molar-refractivity contribution in [2.24, 2.45) is 5.14 Å². The Labute approximate surface area is 192 Å². The molecule has 4 N–H and O–H groups in total. The van der Waals surface area contributed by atoms with Crippen LogP contribution in [0.15, 0.2) is 71.6 Å². The van der Waals surface area contributed by atoms with Gasteiger partial charge in [-0.15, -0.1) is 0 Å². The number of fused-ring (bicyclic) bond motifs is 2. The van der Waals surface area contributed by atoms with E-state index < -0.39 is 10.0 Å². The topological polar surface area (TPSA) is 122 Å². The summed E-state index contributed by atoms with van der Waals surface area (Å²) in [6.07, 6.45) is 0.525. The molecule has 0 saturated heterocycles. The van der Waals surface area contributed by atoms with Gasteiger partial charge < -0.3 is 15.5 Å². The number of primary sulfonamides is 1. The van der Waals surface area contributed by atoms with Crippen molar-refractivity contribution < 1.29 is 18.0 Å². The van der Waals surface area contributed by atoms with Gasteiger partial charge in [0.25, 0.3) is 11.8 Å². The molecule has 0 aromatic heterocycles. The molecular weight excluding hydrogens is 440 g/mol. The minimum atomic E-state index is -3.73. The molecular formula is C24H24N4O4S. The maximum atomic E-state index is 12.7. The average molecular weight is 465 g/mol. The van der Waals surface area contributed by atoms with Crippen LogP contribution < -0.4 is 20.7 Å². The molecule has 0 aliphatic carbocycles. The van der Waals surface area contributed by atoms with Gasteiger partial charge >= 0.3 is 0 Å². The summed E-state index contributed by atoms with van der Waals surface area (Å²) >= 11 is 0. The van der Waals surface area contributed by atoms with Gasteiger partial charge in [0, 0.05) is 18.7 Å². The van der Waals surface area contributed by atoms with Gasteiger partial charge in [-0.1, -0.05) is 24.3 Å². The normalized spacial score (nSPS) is 12.9. The molecule has 3 aromatic carbocycles. The van der Waals surface area contributed by atoms with E-state index in [0.29, 0.717) is 36.3 Å². The molecule has 170 valence electrons. The maximum absolute atomic E-state index is 12.7. The number of carbonyl (C=O) groups excluding carboxylic acids is 2. The molecule has 0 unspecified atom stereocenters. The largest absolute Gasteiger partial charge is 0.352 e. The molecule has 2 amide bonds. The minimum Gasteiger partial charge on any atom is -0.352 e. The van der Waals surface area contributed by atoms with E-state index in [2.05, 4.69) is 10.6 Å². The molecule has 0 bridgehead atoms. The highest BCUT2D eigenvalue weighted by Gasteiger charge is 2.24. The molecule has 8 nitrogen and oxygen atoms in total. The predicted octanol–water partition coefficient (Wildman–Crippen LogP) is 3.03. The standard InChI is InChI=1S/C24H24N4O4S/c1-2-28-21-6-4-3-5-19(21)24(30)27-20-15-17(9-12-22(20)28)23(29)26-14-13-16-7-10-18(11-8-16)33(25,31)32/h3-12,15H,2,13-14H2,1H3,(H,26,29)(H,27,30)(H2,25,31,32). The molecule has 0 radical (unpaired) electrons. The molecule has 1 aliphatic rings. The minimum absolute atomic E-state index is 0.0468. The fourth-order valence-corrected chi connectivity index (χ4v) is 4.36. The van der Waals surface area contributed by atoms with Crippen LogP contribution >= 0.6 is 0 Å². The lowest BCUT2D eigenvalue weighted by molar-refractivity contribution is 0.0952. The number of nitrogens with zero attached hydrogens (tertiary/aromatic N) is 1. The van der Waals surface area contributed by atoms with Crippen LogP contribution in [-0.2, 0) is 16.4 Å². The lowest BCUT2D eigenvalue weighted by Crippen LogP contribution is -2.26. The SMILES string of the molecule is CCN1c2ccc(C(=O)NCCc3ccc(S(N)(=O)=O)cc3)cc2NC(=O)c2ccccc21. The molecule has 9 heteroatoms. The van der Waals surface area contributed by atoms with Crippen molar-refractivity contribution in [1.82, 2.24) is 5.32 Å². The summed E-state index contributed by atoms with van der Waals surface area (Å²) in [5.74, 6) is -0.485. The summed E-state index contributed by atoms with van der Waals surface area (Å²) in [5, 5.41) is 10.9. The number of rotatable bonds is 6. The van der Waals surface area contributed by atoms with E-state index >= 15 is 0 Å². The molecule has 0 saturated carbocycles. The van der Waals surface area contributed by atoms with E-state index in [1.165, 1.54) is 12.1 Å². The second-order valence-corrected chi connectivity index (χ2v) is 9.20. The van der Waals surface area contributed by atoms with Crippen LogP contribution in [-0.4, -0.2) is 33.3 Å². The van der Waals surface area contributed by atoms with Crippen molar-refractivity contribution in [1.29, 1.82) is 0 Å². The molecule has 0 atom stereocenters. The first-order valence-electron chi connectivity index (χ1n) is 10.5. The molecule has 1 aliphatic heterocycles. The maximum Gasteiger partial charge on any atom is 0.257 e. The fraction of sp³-hybridized carbons (Fsp3) is 0.167. The van der Waals surface area contributed by atoms with Gasteiger partial charge in [0.05, 0.1) is 27.5 Å². The molecule has 0 spiro atoms. The molecule has 33 heavy (non-hydrogen) atoms. The van der Waals surface area contributed by atoms with E-state index in [1.54, 1.807) is 30.3 Å². The van der Waals surface area contributed by atoms with Crippen molar-refractivity contribution in [2.75, 3.05) is 23.3 Å². The summed E-state index contributed by atoms with van der Waals surface area (Å²) in [7, 11) is -3.73. The Morgan fingerprint density at radius 1 is 1.03 bits per heavy atom. The molecule has 0 fully saturated rings. The van der Waals surface area contributed by atoms with Gasteiger partial charge in [0.1, 0.15) is 0 Å². The molecule has 3 aromatic rings. The van der Waals surface area contributed by atoms with Gasteiger partial charge in [-0.2, -0.15) is 0 Å². The number of nitrogens with two attached hydrogens (primary N) is 1. The lowest BCUT2D eigenvalue weighted by Gasteiger charge is -2.24. The van der Waals surface area contributed by atoms with Crippen LogP contribution in [0, 0.1) is 0 Å². The molecule has 1 heterocycles. The first kappa shape index (κ1) is 22.5. The third-order valence-corrected chi connectivity index (χ3v) is 6.43. The monoisotopic (exact) mass is 464 g/mol. The number of nitrogens with one attached hydrogen (secondary N) is 2. The number of benzene rings is 3. The van der Waals surface area contributed by atoms with Crippen LogP contribution in [0.3, 0.4) is 0 Å². The Morgan fingerprint density at radius 3 is 2.45 bits per heavy atom. The van der Waals surface area contributed by atoms with E-state index in [0.717, 1.165) is 16.9 Å². The number of amides is 2. The predicted molar refractivity (Wildman–Crippen MR) is 127 cm³/mol.